The SMILES string of the molecule is CSC(C)CNC(=O)NC1CCC(O)CC1. The smallest absolute Gasteiger partial charge is 0.315 e. The van der Waals surface area contributed by atoms with Crippen LogP contribution >= 0.6 is 11.8 Å². The zero-order valence-corrected chi connectivity index (χ0v) is 10.8. The topological polar surface area (TPSA) is 61.4 Å². The lowest BCUT2D eigenvalue weighted by atomic mass is 9.93. The summed E-state index contributed by atoms with van der Waals surface area (Å²) in [5.74, 6) is 0. The molecule has 3 N–H and O–H groups in total. The molecule has 0 aliphatic heterocycles. The number of carbonyl (C=O) groups is 1. The highest BCUT2D eigenvalue weighted by atomic mass is 32.2. The number of urea groups is 1. The lowest BCUT2D eigenvalue weighted by Crippen LogP contribution is -2.45. The number of aliphatic hydroxyl groups excluding tert-OH is 1. The van der Waals surface area contributed by atoms with Gasteiger partial charge in [0.1, 0.15) is 0 Å². The fourth-order valence-corrected chi connectivity index (χ4v) is 2.03. The van der Waals surface area contributed by atoms with Gasteiger partial charge in [-0.3, -0.25) is 0 Å². The third-order valence-electron chi connectivity index (χ3n) is 2.98. The van der Waals surface area contributed by atoms with Crippen molar-refractivity contribution in [2.45, 2.75) is 50.0 Å². The molecule has 0 heterocycles. The van der Waals surface area contributed by atoms with E-state index >= 15 is 0 Å². The van der Waals surface area contributed by atoms with Gasteiger partial charge in [0.2, 0.25) is 0 Å². The number of amides is 2. The van der Waals surface area contributed by atoms with Crippen molar-refractivity contribution in [3.8, 4) is 0 Å². The third-order valence-corrected chi connectivity index (χ3v) is 3.96. The average molecular weight is 246 g/mol. The summed E-state index contributed by atoms with van der Waals surface area (Å²) in [4.78, 5) is 11.5. The van der Waals surface area contributed by atoms with Crippen LogP contribution in [-0.4, -0.2) is 41.3 Å². The van der Waals surface area contributed by atoms with E-state index in [4.69, 9.17) is 0 Å². The summed E-state index contributed by atoms with van der Waals surface area (Å²) in [6.45, 7) is 2.78. The highest BCUT2D eigenvalue weighted by Crippen LogP contribution is 2.18. The molecule has 0 spiro atoms. The molecule has 1 rings (SSSR count). The predicted octanol–water partition coefficient (Wildman–Crippen LogP) is 1.34. The maximum absolute atomic E-state index is 11.5. The number of nitrogens with one attached hydrogen (secondary N) is 2. The lowest BCUT2D eigenvalue weighted by Gasteiger charge is -2.26. The van der Waals surface area contributed by atoms with E-state index < -0.39 is 0 Å². The molecule has 0 saturated heterocycles. The number of carbonyl (C=O) groups excluding carboxylic acids is 1. The molecule has 94 valence electrons. The molecule has 0 aromatic carbocycles. The molecule has 2 amide bonds. The molecule has 0 aromatic rings. The van der Waals surface area contributed by atoms with E-state index in [0.717, 1.165) is 25.7 Å². The second-order valence-electron chi connectivity index (χ2n) is 4.41. The molecular weight excluding hydrogens is 224 g/mol. The predicted molar refractivity (Wildman–Crippen MR) is 67.8 cm³/mol. The van der Waals surface area contributed by atoms with E-state index in [2.05, 4.69) is 17.6 Å². The molecular formula is C11H22N2O2S. The zero-order chi connectivity index (χ0) is 12.0. The molecule has 16 heavy (non-hydrogen) atoms. The maximum Gasteiger partial charge on any atom is 0.315 e. The van der Waals surface area contributed by atoms with Gasteiger partial charge in [-0.15, -0.1) is 0 Å². The summed E-state index contributed by atoms with van der Waals surface area (Å²) in [5.41, 5.74) is 0. The fraction of sp³-hybridized carbons (Fsp3) is 0.909. The Labute approximate surface area is 102 Å². The molecule has 1 atom stereocenters. The van der Waals surface area contributed by atoms with Crippen molar-refractivity contribution in [1.29, 1.82) is 0 Å². The van der Waals surface area contributed by atoms with E-state index in [-0.39, 0.29) is 18.2 Å². The first-order valence-electron chi connectivity index (χ1n) is 5.87. The molecule has 1 unspecified atom stereocenters. The monoisotopic (exact) mass is 246 g/mol. The van der Waals surface area contributed by atoms with Crippen LogP contribution in [0.5, 0.6) is 0 Å². The summed E-state index contributed by atoms with van der Waals surface area (Å²) >= 11 is 1.74. The molecule has 0 bridgehead atoms. The van der Waals surface area contributed by atoms with Crippen molar-refractivity contribution in [3.05, 3.63) is 0 Å². The van der Waals surface area contributed by atoms with Gasteiger partial charge in [0.25, 0.3) is 0 Å². The standard InChI is InChI=1S/C11H22N2O2S/c1-8(16-2)7-12-11(15)13-9-3-5-10(14)6-4-9/h8-10,14H,3-7H2,1-2H3,(H2,12,13,15). The number of thioether (sulfide) groups is 1. The summed E-state index contributed by atoms with van der Waals surface area (Å²) in [5, 5.41) is 15.6. The Hall–Kier alpha value is -0.420. The van der Waals surface area contributed by atoms with E-state index in [1.54, 1.807) is 11.8 Å². The van der Waals surface area contributed by atoms with Gasteiger partial charge >= 0.3 is 6.03 Å². The summed E-state index contributed by atoms with van der Waals surface area (Å²) in [6, 6.07) is 0.148. The van der Waals surface area contributed by atoms with Gasteiger partial charge in [0.15, 0.2) is 0 Å². The molecule has 1 aliphatic rings. The van der Waals surface area contributed by atoms with Gasteiger partial charge in [-0.1, -0.05) is 6.92 Å². The molecule has 5 heteroatoms. The number of aliphatic hydroxyl groups is 1. The van der Waals surface area contributed by atoms with E-state index in [9.17, 15) is 9.90 Å². The van der Waals surface area contributed by atoms with Gasteiger partial charge in [-0.2, -0.15) is 11.8 Å². The fourth-order valence-electron chi connectivity index (χ4n) is 1.78. The third kappa shape index (κ3) is 5.07. The van der Waals surface area contributed by atoms with Crippen molar-refractivity contribution in [3.63, 3.8) is 0 Å². The number of hydrogen-bond acceptors (Lipinski definition) is 3. The van der Waals surface area contributed by atoms with Crippen molar-refractivity contribution in [2.24, 2.45) is 0 Å². The van der Waals surface area contributed by atoms with Crippen molar-refractivity contribution in [1.82, 2.24) is 10.6 Å². The zero-order valence-electron chi connectivity index (χ0n) is 10.0. The summed E-state index contributed by atoms with van der Waals surface area (Å²) < 4.78 is 0. The van der Waals surface area contributed by atoms with Crippen LogP contribution < -0.4 is 10.6 Å². The first kappa shape index (κ1) is 13.6. The highest BCUT2D eigenvalue weighted by Gasteiger charge is 2.20. The van der Waals surface area contributed by atoms with Crippen LogP contribution in [-0.2, 0) is 0 Å². The molecule has 0 aromatic heterocycles. The van der Waals surface area contributed by atoms with Gasteiger partial charge in [-0.05, 0) is 31.9 Å². The molecule has 0 radical (unpaired) electrons. The van der Waals surface area contributed by atoms with E-state index in [1.807, 2.05) is 6.26 Å². The molecule has 1 saturated carbocycles. The van der Waals surface area contributed by atoms with Crippen LogP contribution in [0.15, 0.2) is 0 Å². The molecule has 1 aliphatic carbocycles. The van der Waals surface area contributed by atoms with Crippen LogP contribution in [0, 0.1) is 0 Å². The van der Waals surface area contributed by atoms with E-state index in [1.165, 1.54) is 0 Å². The minimum Gasteiger partial charge on any atom is -0.393 e. The molecule has 1 fully saturated rings. The van der Waals surface area contributed by atoms with Crippen molar-refractivity contribution < 1.29 is 9.90 Å². The van der Waals surface area contributed by atoms with Gasteiger partial charge in [0.05, 0.1) is 6.10 Å². The van der Waals surface area contributed by atoms with Crippen LogP contribution in [0.4, 0.5) is 4.79 Å². The van der Waals surface area contributed by atoms with E-state index in [0.29, 0.717) is 11.8 Å². The van der Waals surface area contributed by atoms with Crippen LogP contribution in [0.3, 0.4) is 0 Å². The molecule has 4 nitrogen and oxygen atoms in total. The summed E-state index contributed by atoms with van der Waals surface area (Å²) in [7, 11) is 0. The lowest BCUT2D eigenvalue weighted by molar-refractivity contribution is 0.117. The number of hydrogen-bond donors (Lipinski definition) is 3. The quantitative estimate of drug-likeness (QED) is 0.701. The number of rotatable bonds is 4. The first-order chi connectivity index (χ1) is 7.61. The van der Waals surface area contributed by atoms with Crippen LogP contribution in [0.1, 0.15) is 32.6 Å². The minimum atomic E-state index is -0.169. The van der Waals surface area contributed by atoms with Gasteiger partial charge in [-0.25, -0.2) is 4.79 Å². The van der Waals surface area contributed by atoms with Gasteiger partial charge < -0.3 is 15.7 Å². The van der Waals surface area contributed by atoms with Crippen molar-refractivity contribution >= 4 is 17.8 Å². The van der Waals surface area contributed by atoms with Crippen molar-refractivity contribution in [2.75, 3.05) is 12.8 Å². The Morgan fingerprint density at radius 3 is 2.62 bits per heavy atom. The Kier molecular flexibility index (Phi) is 5.98. The summed E-state index contributed by atoms with van der Waals surface area (Å²) in [6.07, 6.45) is 5.22. The Morgan fingerprint density at radius 1 is 1.44 bits per heavy atom. The van der Waals surface area contributed by atoms with Gasteiger partial charge in [0, 0.05) is 17.8 Å². The normalized spacial score (nSPS) is 27.2. The average Bonchev–Trinajstić information content (AvgIpc) is 2.29. The van der Waals surface area contributed by atoms with Crippen LogP contribution in [0.2, 0.25) is 0 Å². The Morgan fingerprint density at radius 2 is 2.06 bits per heavy atom. The highest BCUT2D eigenvalue weighted by molar-refractivity contribution is 7.99. The maximum atomic E-state index is 11.5. The Bertz CT molecular complexity index is 218. The Balaban J connectivity index is 2.14. The second-order valence-corrected chi connectivity index (χ2v) is 5.68. The minimum absolute atomic E-state index is 0.0812. The second kappa shape index (κ2) is 7.01. The van der Waals surface area contributed by atoms with Crippen LogP contribution in [0.25, 0.3) is 0 Å². The first-order valence-corrected chi connectivity index (χ1v) is 7.15. The largest absolute Gasteiger partial charge is 0.393 e.